The van der Waals surface area contributed by atoms with Gasteiger partial charge < -0.3 is 18.9 Å². The van der Waals surface area contributed by atoms with Crippen LogP contribution in [0.5, 0.6) is 17.2 Å². The van der Waals surface area contributed by atoms with Crippen LogP contribution in [0.15, 0.2) is 72.8 Å². The second kappa shape index (κ2) is 9.23. The Kier molecular flexibility index (Phi) is 5.82. The molecule has 0 saturated heterocycles. The third-order valence-corrected chi connectivity index (χ3v) is 5.52. The first-order chi connectivity index (χ1) is 16.6. The Bertz CT molecular complexity index is 1380. The van der Waals surface area contributed by atoms with Crippen molar-refractivity contribution < 1.29 is 28.5 Å². The largest absolute Gasteiger partial charge is 0.497 e. The third kappa shape index (κ3) is 4.28. The number of hydrogen-bond acceptors (Lipinski definition) is 7. The molecular weight excluding hydrogens is 434 g/mol. The number of carbonyl (C=O) groups excluding carboxylic acids is 2. The van der Waals surface area contributed by atoms with Crippen LogP contribution in [0.25, 0.3) is 22.2 Å². The number of para-hydroxylation sites is 1. The van der Waals surface area contributed by atoms with Crippen molar-refractivity contribution in [3.8, 4) is 28.5 Å². The first kappa shape index (κ1) is 21.5. The minimum absolute atomic E-state index is 0.334. The Balaban J connectivity index is 1.39. The van der Waals surface area contributed by atoms with Crippen LogP contribution in [-0.2, 0) is 4.74 Å². The number of benzene rings is 3. The number of pyridine rings is 1. The molecule has 0 amide bonds. The number of carbonyl (C=O) groups is 2. The van der Waals surface area contributed by atoms with Gasteiger partial charge in [0.15, 0.2) is 23.9 Å². The molecule has 1 aliphatic rings. The summed E-state index contributed by atoms with van der Waals surface area (Å²) < 4.78 is 21.6. The van der Waals surface area contributed by atoms with Gasteiger partial charge in [-0.15, -0.1) is 0 Å². The molecule has 7 heteroatoms. The van der Waals surface area contributed by atoms with E-state index in [1.165, 1.54) is 0 Å². The topological polar surface area (TPSA) is 84.0 Å². The highest BCUT2D eigenvalue weighted by molar-refractivity contribution is 6.06. The van der Waals surface area contributed by atoms with Gasteiger partial charge in [0.05, 0.1) is 23.9 Å². The summed E-state index contributed by atoms with van der Waals surface area (Å²) in [5.41, 5.74) is 2.82. The average Bonchev–Trinajstić information content (AvgIpc) is 2.90. The summed E-state index contributed by atoms with van der Waals surface area (Å²) in [4.78, 5) is 30.4. The number of fused-ring (bicyclic) bond motifs is 2. The van der Waals surface area contributed by atoms with Crippen LogP contribution in [0.4, 0.5) is 0 Å². The van der Waals surface area contributed by atoms with E-state index in [0.29, 0.717) is 52.4 Å². The van der Waals surface area contributed by atoms with E-state index in [2.05, 4.69) is 4.98 Å². The molecule has 5 rings (SSSR count). The van der Waals surface area contributed by atoms with E-state index in [9.17, 15) is 9.59 Å². The molecule has 0 unspecified atom stereocenters. The van der Waals surface area contributed by atoms with Gasteiger partial charge in [0.2, 0.25) is 0 Å². The SMILES string of the molecule is COc1ccc(-c2cc(C(=O)OCC(=O)c3ccc4c(c3)OCCO4)c3ccccc3n2)cc1. The predicted octanol–water partition coefficient (Wildman–Crippen LogP) is 4.72. The van der Waals surface area contributed by atoms with Crippen LogP contribution < -0.4 is 14.2 Å². The Hall–Kier alpha value is -4.39. The monoisotopic (exact) mass is 455 g/mol. The summed E-state index contributed by atoms with van der Waals surface area (Å²) in [6, 6.07) is 21.3. The Morgan fingerprint density at radius 3 is 2.47 bits per heavy atom. The molecule has 0 aliphatic carbocycles. The molecule has 0 spiro atoms. The summed E-state index contributed by atoms with van der Waals surface area (Å²) in [7, 11) is 1.60. The summed E-state index contributed by atoms with van der Waals surface area (Å²) in [5, 5.41) is 0.650. The number of ether oxygens (including phenoxy) is 4. The van der Waals surface area contributed by atoms with E-state index < -0.39 is 12.6 Å². The van der Waals surface area contributed by atoms with E-state index >= 15 is 0 Å². The van der Waals surface area contributed by atoms with Gasteiger partial charge in [-0.25, -0.2) is 9.78 Å². The summed E-state index contributed by atoms with van der Waals surface area (Å²) in [6.07, 6.45) is 0. The molecule has 7 nitrogen and oxygen atoms in total. The molecule has 2 heterocycles. The second-order valence-electron chi connectivity index (χ2n) is 7.66. The van der Waals surface area contributed by atoms with Gasteiger partial charge in [-0.05, 0) is 54.6 Å². The fourth-order valence-corrected chi connectivity index (χ4v) is 3.76. The van der Waals surface area contributed by atoms with Crippen LogP contribution in [0.1, 0.15) is 20.7 Å². The molecule has 34 heavy (non-hydrogen) atoms. The second-order valence-corrected chi connectivity index (χ2v) is 7.66. The van der Waals surface area contributed by atoms with Crippen molar-refractivity contribution in [3.05, 3.63) is 83.9 Å². The van der Waals surface area contributed by atoms with Crippen molar-refractivity contribution in [2.24, 2.45) is 0 Å². The van der Waals surface area contributed by atoms with Crippen LogP contribution >= 0.6 is 0 Å². The summed E-state index contributed by atoms with van der Waals surface area (Å²) in [5.74, 6) is 0.891. The molecule has 0 bridgehead atoms. The number of hydrogen-bond donors (Lipinski definition) is 0. The van der Waals surface area contributed by atoms with Crippen molar-refractivity contribution in [1.29, 1.82) is 0 Å². The van der Waals surface area contributed by atoms with Gasteiger partial charge in [0.25, 0.3) is 0 Å². The van der Waals surface area contributed by atoms with Gasteiger partial charge in [-0.3, -0.25) is 4.79 Å². The van der Waals surface area contributed by atoms with Gasteiger partial charge in [-0.1, -0.05) is 18.2 Å². The zero-order valence-corrected chi connectivity index (χ0v) is 18.4. The van der Waals surface area contributed by atoms with E-state index in [0.717, 1.165) is 11.3 Å². The maximum atomic E-state index is 13.0. The maximum Gasteiger partial charge on any atom is 0.339 e. The van der Waals surface area contributed by atoms with E-state index in [1.807, 2.05) is 42.5 Å². The van der Waals surface area contributed by atoms with Crippen molar-refractivity contribution in [2.45, 2.75) is 0 Å². The molecule has 0 N–H and O–H groups in total. The van der Waals surface area contributed by atoms with Crippen LogP contribution in [-0.4, -0.2) is 43.7 Å². The summed E-state index contributed by atoms with van der Waals surface area (Å²) in [6.45, 7) is 0.495. The van der Waals surface area contributed by atoms with Gasteiger partial charge >= 0.3 is 5.97 Å². The lowest BCUT2D eigenvalue weighted by Gasteiger charge is -2.18. The van der Waals surface area contributed by atoms with E-state index in [-0.39, 0.29) is 5.78 Å². The number of methoxy groups -OCH3 is 1. The molecule has 0 radical (unpaired) electrons. The van der Waals surface area contributed by atoms with Gasteiger partial charge in [0.1, 0.15) is 19.0 Å². The first-order valence-corrected chi connectivity index (χ1v) is 10.8. The number of rotatable bonds is 6. The number of esters is 1. The fourth-order valence-electron chi connectivity index (χ4n) is 3.76. The highest BCUT2D eigenvalue weighted by atomic mass is 16.6. The van der Waals surface area contributed by atoms with E-state index in [1.54, 1.807) is 37.4 Å². The highest BCUT2D eigenvalue weighted by Gasteiger charge is 2.19. The molecule has 0 fully saturated rings. The number of nitrogens with zero attached hydrogens (tertiary/aromatic N) is 1. The standard InChI is InChI=1S/C27H21NO6/c1-31-19-9-6-17(7-10-19)23-15-21(20-4-2-3-5-22(20)28-23)27(30)34-16-24(29)18-8-11-25-26(14-18)33-13-12-32-25/h2-11,14-15H,12-13,16H2,1H3. The number of ketones is 1. The smallest absolute Gasteiger partial charge is 0.339 e. The molecule has 0 atom stereocenters. The van der Waals surface area contributed by atoms with Crippen molar-refractivity contribution in [3.63, 3.8) is 0 Å². The molecule has 0 saturated carbocycles. The summed E-state index contributed by atoms with van der Waals surface area (Å²) >= 11 is 0. The molecular formula is C27H21NO6. The van der Waals surface area contributed by atoms with Crippen molar-refractivity contribution >= 4 is 22.7 Å². The van der Waals surface area contributed by atoms with Crippen LogP contribution in [0.3, 0.4) is 0 Å². The molecule has 1 aromatic heterocycles. The zero-order valence-electron chi connectivity index (χ0n) is 18.4. The predicted molar refractivity (Wildman–Crippen MR) is 126 cm³/mol. The Labute approximate surface area is 195 Å². The Morgan fingerprint density at radius 2 is 1.68 bits per heavy atom. The minimum Gasteiger partial charge on any atom is -0.497 e. The molecule has 3 aromatic carbocycles. The first-order valence-electron chi connectivity index (χ1n) is 10.8. The quantitative estimate of drug-likeness (QED) is 0.307. The lowest BCUT2D eigenvalue weighted by Crippen LogP contribution is -2.17. The molecule has 1 aliphatic heterocycles. The molecule has 4 aromatic rings. The van der Waals surface area contributed by atoms with Crippen LogP contribution in [0, 0.1) is 0 Å². The van der Waals surface area contributed by atoms with E-state index in [4.69, 9.17) is 18.9 Å². The number of aromatic nitrogens is 1. The average molecular weight is 455 g/mol. The molecule has 170 valence electrons. The number of Topliss-reactive ketones (excluding diaryl/α,β-unsaturated/α-hetero) is 1. The van der Waals surface area contributed by atoms with Gasteiger partial charge in [0, 0.05) is 16.5 Å². The van der Waals surface area contributed by atoms with Crippen molar-refractivity contribution in [2.75, 3.05) is 26.9 Å². The van der Waals surface area contributed by atoms with Gasteiger partial charge in [-0.2, -0.15) is 0 Å². The Morgan fingerprint density at radius 1 is 0.912 bits per heavy atom. The van der Waals surface area contributed by atoms with Crippen molar-refractivity contribution in [1.82, 2.24) is 4.98 Å². The van der Waals surface area contributed by atoms with Crippen LogP contribution in [0.2, 0.25) is 0 Å². The maximum absolute atomic E-state index is 13.0. The lowest BCUT2D eigenvalue weighted by molar-refractivity contribution is 0.0476. The zero-order chi connectivity index (χ0) is 23.5. The third-order valence-electron chi connectivity index (χ3n) is 5.52. The highest BCUT2D eigenvalue weighted by Crippen LogP contribution is 2.31. The normalized spacial score (nSPS) is 12.3. The fraction of sp³-hybridized carbons (Fsp3) is 0.148. The minimum atomic E-state index is -0.598. The lowest BCUT2D eigenvalue weighted by atomic mass is 10.0.